The van der Waals surface area contributed by atoms with Crippen LogP contribution in [0.1, 0.15) is 16.7 Å². The number of ether oxygens (including phenoxy) is 1. The molecule has 0 radical (unpaired) electrons. The Morgan fingerprint density at radius 2 is 1.38 bits per heavy atom. The molecule has 132 valence electrons. The molecule has 0 saturated carbocycles. The van der Waals surface area contributed by atoms with E-state index in [0.717, 1.165) is 27.5 Å². The highest BCUT2D eigenvalue weighted by Gasteiger charge is 2.05. The molecule has 5 heteroatoms. The van der Waals surface area contributed by atoms with Gasteiger partial charge in [0.15, 0.2) is 0 Å². The summed E-state index contributed by atoms with van der Waals surface area (Å²) < 4.78 is 5.79. The molecule has 0 spiro atoms. The lowest BCUT2D eigenvalue weighted by Gasteiger charge is -2.11. The molecule has 0 saturated heterocycles. The topological polar surface area (TPSA) is 21.3 Å². The van der Waals surface area contributed by atoms with Crippen LogP contribution in [-0.2, 0) is 13.2 Å². The smallest absolute Gasteiger partial charge is 0.119 e. The van der Waals surface area contributed by atoms with Crippen LogP contribution in [0.3, 0.4) is 0 Å². The fourth-order valence-electron chi connectivity index (χ4n) is 2.40. The van der Waals surface area contributed by atoms with Crippen molar-refractivity contribution in [3.63, 3.8) is 0 Å². The van der Waals surface area contributed by atoms with Crippen molar-refractivity contribution in [2.45, 2.75) is 13.2 Å². The third kappa shape index (κ3) is 4.98. The fourth-order valence-corrected chi connectivity index (χ4v) is 3.00. The number of benzene rings is 3. The van der Waals surface area contributed by atoms with Gasteiger partial charge < -0.3 is 10.1 Å². The van der Waals surface area contributed by atoms with Crippen LogP contribution in [0.15, 0.2) is 72.8 Å². The molecule has 3 aromatic carbocycles. The van der Waals surface area contributed by atoms with E-state index in [2.05, 4.69) is 5.32 Å². The van der Waals surface area contributed by atoms with Gasteiger partial charge in [0.2, 0.25) is 0 Å². The van der Waals surface area contributed by atoms with Crippen LogP contribution in [0.2, 0.25) is 10.0 Å². The maximum Gasteiger partial charge on any atom is 0.119 e. The first-order chi connectivity index (χ1) is 12.6. The second-order valence-corrected chi connectivity index (χ2v) is 6.90. The van der Waals surface area contributed by atoms with Gasteiger partial charge in [-0.3, -0.25) is 0 Å². The minimum atomic E-state index is 0.425. The van der Waals surface area contributed by atoms with E-state index in [0.29, 0.717) is 23.2 Å². The minimum absolute atomic E-state index is 0.425. The second-order valence-electron chi connectivity index (χ2n) is 5.68. The maximum absolute atomic E-state index is 6.16. The van der Waals surface area contributed by atoms with Crippen LogP contribution in [0.25, 0.3) is 0 Å². The van der Waals surface area contributed by atoms with Crippen molar-refractivity contribution in [1.82, 2.24) is 5.32 Å². The van der Waals surface area contributed by atoms with Gasteiger partial charge >= 0.3 is 0 Å². The molecule has 2 nitrogen and oxygen atoms in total. The summed E-state index contributed by atoms with van der Waals surface area (Å²) in [5, 5.41) is 4.66. The average molecular weight is 402 g/mol. The van der Waals surface area contributed by atoms with Crippen molar-refractivity contribution in [3.8, 4) is 5.75 Å². The lowest BCUT2D eigenvalue weighted by molar-refractivity contribution is 0.306. The van der Waals surface area contributed by atoms with Crippen LogP contribution >= 0.6 is 35.4 Å². The highest BCUT2D eigenvalue weighted by molar-refractivity contribution is 7.80. The SMILES string of the molecule is S=C(NCc1ccccc1Cl)c1ccc(OCc2ccccc2Cl)cc1. The van der Waals surface area contributed by atoms with Gasteiger partial charge in [-0.2, -0.15) is 0 Å². The largest absolute Gasteiger partial charge is 0.489 e. The third-order valence-corrected chi connectivity index (χ3v) is 4.98. The molecule has 3 rings (SSSR count). The van der Waals surface area contributed by atoms with Crippen molar-refractivity contribution < 1.29 is 4.74 Å². The number of halogens is 2. The third-order valence-electron chi connectivity index (χ3n) is 3.87. The van der Waals surface area contributed by atoms with E-state index >= 15 is 0 Å². The fraction of sp³-hybridized carbons (Fsp3) is 0.0952. The molecule has 0 bridgehead atoms. The molecule has 0 fully saturated rings. The van der Waals surface area contributed by atoms with Crippen LogP contribution in [0.5, 0.6) is 5.75 Å². The van der Waals surface area contributed by atoms with E-state index in [1.165, 1.54) is 0 Å². The summed E-state index contributed by atoms with van der Waals surface area (Å²) >= 11 is 17.8. The Bertz CT molecular complexity index is 897. The van der Waals surface area contributed by atoms with E-state index in [9.17, 15) is 0 Å². The first kappa shape index (κ1) is 18.7. The average Bonchev–Trinajstić information content (AvgIpc) is 2.67. The zero-order chi connectivity index (χ0) is 18.4. The summed E-state index contributed by atoms with van der Waals surface area (Å²) in [5.74, 6) is 0.766. The molecule has 0 atom stereocenters. The summed E-state index contributed by atoms with van der Waals surface area (Å²) in [6.07, 6.45) is 0. The number of hydrogen-bond donors (Lipinski definition) is 1. The molecule has 0 aliphatic carbocycles. The molecule has 0 amide bonds. The molecule has 3 aromatic rings. The molecule has 0 aliphatic heterocycles. The van der Waals surface area contributed by atoms with Gasteiger partial charge in [0, 0.05) is 27.7 Å². The molecule has 26 heavy (non-hydrogen) atoms. The predicted octanol–water partition coefficient (Wildman–Crippen LogP) is 6.04. The normalized spacial score (nSPS) is 10.4. The summed E-state index contributed by atoms with van der Waals surface area (Å²) in [6, 6.07) is 23.0. The Labute approximate surface area is 168 Å². The van der Waals surface area contributed by atoms with E-state index < -0.39 is 0 Å². The van der Waals surface area contributed by atoms with Crippen molar-refractivity contribution in [3.05, 3.63) is 99.5 Å². The van der Waals surface area contributed by atoms with Crippen LogP contribution in [-0.4, -0.2) is 4.99 Å². The minimum Gasteiger partial charge on any atom is -0.489 e. The first-order valence-corrected chi connectivity index (χ1v) is 9.28. The number of rotatable bonds is 6. The van der Waals surface area contributed by atoms with Crippen molar-refractivity contribution in [2.24, 2.45) is 0 Å². The number of thiocarbonyl (C=S) groups is 1. The molecule has 0 aliphatic rings. The van der Waals surface area contributed by atoms with E-state index in [4.69, 9.17) is 40.2 Å². The lowest BCUT2D eigenvalue weighted by Crippen LogP contribution is -2.21. The zero-order valence-corrected chi connectivity index (χ0v) is 16.2. The van der Waals surface area contributed by atoms with E-state index in [1.807, 2.05) is 72.8 Å². The van der Waals surface area contributed by atoms with Crippen molar-refractivity contribution in [2.75, 3.05) is 0 Å². The summed E-state index contributed by atoms with van der Waals surface area (Å²) in [4.78, 5) is 0.669. The summed E-state index contributed by atoms with van der Waals surface area (Å²) in [5.41, 5.74) is 2.89. The zero-order valence-electron chi connectivity index (χ0n) is 13.9. The summed E-state index contributed by atoms with van der Waals surface area (Å²) in [6.45, 7) is 1.01. The van der Waals surface area contributed by atoms with Crippen molar-refractivity contribution >= 4 is 40.4 Å². The van der Waals surface area contributed by atoms with E-state index in [1.54, 1.807) is 0 Å². The lowest BCUT2D eigenvalue weighted by atomic mass is 10.2. The molecule has 0 aromatic heterocycles. The van der Waals surface area contributed by atoms with Gasteiger partial charge in [-0.25, -0.2) is 0 Å². The van der Waals surface area contributed by atoms with Crippen molar-refractivity contribution in [1.29, 1.82) is 0 Å². The first-order valence-electron chi connectivity index (χ1n) is 8.11. The highest BCUT2D eigenvalue weighted by Crippen LogP contribution is 2.19. The molecule has 0 heterocycles. The molecule has 1 N–H and O–H groups in total. The van der Waals surface area contributed by atoms with Gasteiger partial charge in [-0.05, 0) is 42.0 Å². The van der Waals surface area contributed by atoms with Crippen LogP contribution in [0, 0.1) is 0 Å². The Balaban J connectivity index is 1.56. The quantitative estimate of drug-likeness (QED) is 0.508. The Morgan fingerprint density at radius 3 is 2.00 bits per heavy atom. The molecular weight excluding hydrogens is 385 g/mol. The Morgan fingerprint density at radius 1 is 0.808 bits per heavy atom. The summed E-state index contributed by atoms with van der Waals surface area (Å²) in [7, 11) is 0. The van der Waals surface area contributed by atoms with E-state index in [-0.39, 0.29) is 0 Å². The Kier molecular flexibility index (Phi) is 6.51. The monoisotopic (exact) mass is 401 g/mol. The van der Waals surface area contributed by atoms with Gasteiger partial charge in [-0.1, -0.05) is 71.8 Å². The standard InChI is InChI=1S/C21H17Cl2NOS/c22-19-7-3-1-5-16(19)13-24-21(26)15-9-11-18(12-10-15)25-14-17-6-2-4-8-20(17)23/h1-12H,13-14H2,(H,24,26). The van der Waals surface area contributed by atoms with Gasteiger partial charge in [0.05, 0.1) is 0 Å². The highest BCUT2D eigenvalue weighted by atomic mass is 35.5. The maximum atomic E-state index is 6.16. The Hall–Kier alpha value is -2.07. The van der Waals surface area contributed by atoms with Gasteiger partial charge in [-0.15, -0.1) is 0 Å². The van der Waals surface area contributed by atoms with Gasteiger partial charge in [0.25, 0.3) is 0 Å². The second kappa shape index (κ2) is 9.04. The molecular formula is C21H17Cl2NOS. The molecule has 0 unspecified atom stereocenters. The van der Waals surface area contributed by atoms with Crippen LogP contribution < -0.4 is 10.1 Å². The number of nitrogens with one attached hydrogen (secondary N) is 1. The van der Waals surface area contributed by atoms with Crippen LogP contribution in [0.4, 0.5) is 0 Å². The number of hydrogen-bond acceptors (Lipinski definition) is 2. The van der Waals surface area contributed by atoms with Gasteiger partial charge in [0.1, 0.15) is 17.3 Å². The predicted molar refractivity (Wildman–Crippen MR) is 112 cm³/mol.